The number of primary amides is 1. The van der Waals surface area contributed by atoms with E-state index >= 15 is 0 Å². The van der Waals surface area contributed by atoms with Crippen molar-refractivity contribution in [3.63, 3.8) is 0 Å². The van der Waals surface area contributed by atoms with Crippen LogP contribution < -0.4 is 15.8 Å². The van der Waals surface area contributed by atoms with Crippen LogP contribution in [-0.4, -0.2) is 27.4 Å². The normalized spacial score (nSPS) is 13.0. The van der Waals surface area contributed by atoms with Crippen molar-refractivity contribution in [3.05, 3.63) is 24.3 Å². The minimum absolute atomic E-state index is 0.103. The van der Waals surface area contributed by atoms with Crippen LogP contribution in [-0.2, 0) is 14.8 Å². The molecule has 0 fully saturated rings. The average Bonchev–Trinajstić information content (AvgIpc) is 2.28. The predicted octanol–water partition coefficient (Wildman–Crippen LogP) is 0.271. The lowest BCUT2D eigenvalue weighted by Gasteiger charge is -2.13. The van der Waals surface area contributed by atoms with Crippen LogP contribution in [0.1, 0.15) is 13.3 Å². The average molecular weight is 271 g/mol. The Morgan fingerprint density at radius 2 is 1.89 bits per heavy atom. The summed E-state index contributed by atoms with van der Waals surface area (Å²) in [6, 6.07) is 6.16. The predicted molar refractivity (Wildman–Crippen MR) is 69.6 cm³/mol. The van der Waals surface area contributed by atoms with E-state index in [2.05, 4.69) is 10.0 Å². The highest BCUT2D eigenvalue weighted by Gasteiger charge is 2.11. The molecule has 1 aromatic rings. The molecule has 0 aromatic heterocycles. The van der Waals surface area contributed by atoms with Gasteiger partial charge in [-0.2, -0.15) is 0 Å². The van der Waals surface area contributed by atoms with Crippen LogP contribution >= 0.6 is 0 Å². The van der Waals surface area contributed by atoms with Crippen LogP contribution in [0.25, 0.3) is 0 Å². The first-order valence-corrected chi connectivity index (χ1v) is 6.92. The van der Waals surface area contributed by atoms with Crippen LogP contribution in [0.3, 0.4) is 0 Å². The van der Waals surface area contributed by atoms with E-state index in [-0.39, 0.29) is 23.3 Å². The number of sulfonamides is 1. The number of hydrogen-bond donors (Lipinski definition) is 3. The van der Waals surface area contributed by atoms with Gasteiger partial charge in [-0.15, -0.1) is 0 Å². The van der Waals surface area contributed by atoms with E-state index in [0.29, 0.717) is 0 Å². The minimum Gasteiger partial charge on any atom is -0.382 e. The lowest BCUT2D eigenvalue weighted by atomic mass is 10.2. The zero-order valence-electron chi connectivity index (χ0n) is 10.3. The summed E-state index contributed by atoms with van der Waals surface area (Å²) in [6.07, 6.45) is 0.219. The molecular formula is C11H17N3O3S. The summed E-state index contributed by atoms with van der Waals surface area (Å²) in [5.74, 6) is -0.385. The molecule has 0 saturated heterocycles. The van der Waals surface area contributed by atoms with Crippen LogP contribution in [0, 0.1) is 0 Å². The number of hydrogen-bond acceptors (Lipinski definition) is 4. The van der Waals surface area contributed by atoms with Crippen LogP contribution in [0.4, 0.5) is 5.69 Å². The highest BCUT2D eigenvalue weighted by atomic mass is 32.2. The standard InChI is InChI=1S/C11H17N3O3S/c1-8(7-11(12)15)14-9-3-5-10(6-4-9)18(16,17)13-2/h3-6,8,13-14H,7H2,1-2H3,(H2,12,15). The second kappa shape index (κ2) is 5.83. The fraction of sp³-hybridized carbons (Fsp3) is 0.364. The number of benzene rings is 1. The second-order valence-electron chi connectivity index (χ2n) is 3.95. The number of anilines is 1. The van der Waals surface area contributed by atoms with Crippen LogP contribution in [0.2, 0.25) is 0 Å². The third-order valence-corrected chi connectivity index (χ3v) is 3.78. The summed E-state index contributed by atoms with van der Waals surface area (Å²) < 4.78 is 25.2. The zero-order chi connectivity index (χ0) is 13.8. The fourth-order valence-electron chi connectivity index (χ4n) is 1.49. The van der Waals surface area contributed by atoms with Crippen molar-refractivity contribution in [2.45, 2.75) is 24.3 Å². The summed E-state index contributed by atoms with van der Waals surface area (Å²) in [5, 5.41) is 3.05. The van der Waals surface area contributed by atoms with Crippen molar-refractivity contribution in [2.24, 2.45) is 5.73 Å². The van der Waals surface area contributed by atoms with Crippen molar-refractivity contribution in [2.75, 3.05) is 12.4 Å². The van der Waals surface area contributed by atoms with E-state index in [1.54, 1.807) is 12.1 Å². The van der Waals surface area contributed by atoms with E-state index in [4.69, 9.17) is 5.73 Å². The number of rotatable bonds is 6. The van der Waals surface area contributed by atoms with Gasteiger partial charge in [0, 0.05) is 18.2 Å². The molecule has 7 heteroatoms. The third-order valence-electron chi connectivity index (χ3n) is 2.35. The summed E-state index contributed by atoms with van der Waals surface area (Å²) in [5.41, 5.74) is 5.81. The lowest BCUT2D eigenvalue weighted by Crippen LogP contribution is -2.24. The molecule has 0 heterocycles. The molecule has 100 valence electrons. The largest absolute Gasteiger partial charge is 0.382 e. The smallest absolute Gasteiger partial charge is 0.240 e. The first-order chi connectivity index (χ1) is 8.35. The molecule has 18 heavy (non-hydrogen) atoms. The Morgan fingerprint density at radius 3 is 2.33 bits per heavy atom. The monoisotopic (exact) mass is 271 g/mol. The summed E-state index contributed by atoms with van der Waals surface area (Å²) in [7, 11) is -2.06. The van der Waals surface area contributed by atoms with E-state index in [0.717, 1.165) is 5.69 Å². The van der Waals surface area contributed by atoms with Gasteiger partial charge in [0.05, 0.1) is 4.90 Å². The fourth-order valence-corrected chi connectivity index (χ4v) is 2.22. The Morgan fingerprint density at radius 1 is 1.33 bits per heavy atom. The molecule has 6 nitrogen and oxygen atoms in total. The van der Waals surface area contributed by atoms with E-state index < -0.39 is 10.0 Å². The second-order valence-corrected chi connectivity index (χ2v) is 5.83. The van der Waals surface area contributed by atoms with Crippen molar-refractivity contribution in [1.82, 2.24) is 4.72 Å². The molecule has 1 rings (SSSR count). The third kappa shape index (κ3) is 4.01. The summed E-state index contributed by atoms with van der Waals surface area (Å²) in [6.45, 7) is 1.82. The minimum atomic E-state index is -3.41. The zero-order valence-corrected chi connectivity index (χ0v) is 11.1. The maximum absolute atomic E-state index is 11.5. The van der Waals surface area contributed by atoms with E-state index in [9.17, 15) is 13.2 Å². The van der Waals surface area contributed by atoms with Crippen molar-refractivity contribution >= 4 is 21.6 Å². The van der Waals surface area contributed by atoms with Gasteiger partial charge in [0.1, 0.15) is 0 Å². The molecule has 0 radical (unpaired) electrons. The van der Waals surface area contributed by atoms with Crippen molar-refractivity contribution < 1.29 is 13.2 Å². The molecule has 0 bridgehead atoms. The molecule has 0 aliphatic carbocycles. The van der Waals surface area contributed by atoms with Gasteiger partial charge in [-0.25, -0.2) is 13.1 Å². The molecule has 4 N–H and O–H groups in total. The molecular weight excluding hydrogens is 254 g/mol. The van der Waals surface area contributed by atoms with Gasteiger partial charge in [0.2, 0.25) is 15.9 Å². The maximum atomic E-state index is 11.5. The summed E-state index contributed by atoms with van der Waals surface area (Å²) >= 11 is 0. The number of amides is 1. The highest BCUT2D eigenvalue weighted by molar-refractivity contribution is 7.89. The molecule has 1 unspecified atom stereocenters. The van der Waals surface area contributed by atoms with Crippen LogP contribution in [0.5, 0.6) is 0 Å². The van der Waals surface area contributed by atoms with Gasteiger partial charge in [-0.1, -0.05) is 0 Å². The molecule has 0 saturated carbocycles. The highest BCUT2D eigenvalue weighted by Crippen LogP contribution is 2.14. The van der Waals surface area contributed by atoms with Gasteiger partial charge in [-0.3, -0.25) is 4.79 Å². The molecule has 1 amide bonds. The number of carbonyl (C=O) groups excluding carboxylic acids is 1. The molecule has 1 aromatic carbocycles. The SMILES string of the molecule is CNS(=O)(=O)c1ccc(NC(C)CC(N)=O)cc1. The van der Waals surface area contributed by atoms with Gasteiger partial charge in [-0.05, 0) is 38.2 Å². The lowest BCUT2D eigenvalue weighted by molar-refractivity contribution is -0.118. The van der Waals surface area contributed by atoms with Gasteiger partial charge in [0.15, 0.2) is 0 Å². The first kappa shape index (κ1) is 14.5. The van der Waals surface area contributed by atoms with Gasteiger partial charge >= 0.3 is 0 Å². The van der Waals surface area contributed by atoms with E-state index in [1.807, 2.05) is 6.92 Å². The number of nitrogens with one attached hydrogen (secondary N) is 2. The van der Waals surface area contributed by atoms with Crippen molar-refractivity contribution in [1.29, 1.82) is 0 Å². The number of carbonyl (C=O) groups is 1. The molecule has 0 aliphatic heterocycles. The Bertz CT molecular complexity index is 511. The first-order valence-electron chi connectivity index (χ1n) is 5.43. The Balaban J connectivity index is 2.75. The van der Waals surface area contributed by atoms with E-state index in [1.165, 1.54) is 19.2 Å². The Labute approximate surface area is 107 Å². The topological polar surface area (TPSA) is 101 Å². The summed E-state index contributed by atoms with van der Waals surface area (Å²) in [4.78, 5) is 10.9. The Kier molecular flexibility index (Phi) is 4.69. The molecule has 0 aliphatic rings. The number of nitrogens with two attached hydrogens (primary N) is 1. The molecule has 0 spiro atoms. The van der Waals surface area contributed by atoms with Gasteiger partial charge in [0.25, 0.3) is 0 Å². The Hall–Kier alpha value is -1.60. The molecule has 1 atom stereocenters. The maximum Gasteiger partial charge on any atom is 0.240 e. The quantitative estimate of drug-likeness (QED) is 0.691. The van der Waals surface area contributed by atoms with Crippen molar-refractivity contribution in [3.8, 4) is 0 Å². The van der Waals surface area contributed by atoms with Gasteiger partial charge < -0.3 is 11.1 Å². The van der Waals surface area contributed by atoms with Crippen LogP contribution in [0.15, 0.2) is 29.2 Å².